The van der Waals surface area contributed by atoms with Crippen LogP contribution >= 0.6 is 0 Å². The summed E-state index contributed by atoms with van der Waals surface area (Å²) in [6.07, 6.45) is 3.81. The zero-order chi connectivity index (χ0) is 29.1. The van der Waals surface area contributed by atoms with Gasteiger partial charge in [0.2, 0.25) is 11.7 Å². The van der Waals surface area contributed by atoms with E-state index >= 15 is 0 Å². The third-order valence-electron chi connectivity index (χ3n) is 8.59. The maximum Gasteiger partial charge on any atom is 0.229 e. The summed E-state index contributed by atoms with van der Waals surface area (Å²) in [6.45, 7) is 3.79. The predicted molar refractivity (Wildman–Crippen MR) is 159 cm³/mol. The van der Waals surface area contributed by atoms with Gasteiger partial charge in [0.05, 0.1) is 23.5 Å². The first-order valence-corrected chi connectivity index (χ1v) is 14.2. The molecule has 2 aromatic heterocycles. The summed E-state index contributed by atoms with van der Waals surface area (Å²) in [6, 6.07) is 19.6. The molecule has 0 radical (unpaired) electrons. The fourth-order valence-corrected chi connectivity index (χ4v) is 6.72. The molecule has 212 valence electrons. The Kier molecular flexibility index (Phi) is 6.15. The molecule has 2 saturated carbocycles. The Morgan fingerprint density at radius 3 is 2.45 bits per heavy atom. The Labute approximate surface area is 244 Å². The summed E-state index contributed by atoms with van der Waals surface area (Å²) >= 11 is 0. The van der Waals surface area contributed by atoms with Gasteiger partial charge in [-0.3, -0.25) is 4.79 Å². The highest BCUT2D eigenvalue weighted by atomic mass is 16.8. The van der Waals surface area contributed by atoms with E-state index < -0.39 is 11.2 Å². The van der Waals surface area contributed by atoms with Crippen LogP contribution in [0.3, 0.4) is 0 Å². The first kappa shape index (κ1) is 26.4. The Bertz CT molecular complexity index is 1770. The molecule has 9 nitrogen and oxygen atoms in total. The summed E-state index contributed by atoms with van der Waals surface area (Å²) in [5.41, 5.74) is 4.10. The highest BCUT2D eigenvalue weighted by Gasteiger charge is 2.79. The van der Waals surface area contributed by atoms with Gasteiger partial charge in [-0.2, -0.15) is 0 Å². The first-order chi connectivity index (χ1) is 20.3. The van der Waals surface area contributed by atoms with E-state index in [9.17, 15) is 4.79 Å². The molecule has 2 aromatic carbocycles. The average Bonchev–Trinajstić information content (AvgIpc) is 3.32. The van der Waals surface area contributed by atoms with Crippen LogP contribution in [0.1, 0.15) is 49.0 Å². The van der Waals surface area contributed by atoms with Gasteiger partial charge in [0.1, 0.15) is 17.7 Å². The monoisotopic (exact) mass is 560 g/mol. The van der Waals surface area contributed by atoms with Gasteiger partial charge in [-0.1, -0.05) is 54.5 Å². The van der Waals surface area contributed by atoms with Crippen molar-refractivity contribution in [1.82, 2.24) is 30.2 Å². The van der Waals surface area contributed by atoms with Crippen LogP contribution in [-0.4, -0.2) is 57.5 Å². The number of hydrogen-bond acceptors (Lipinski definition) is 7. The van der Waals surface area contributed by atoms with E-state index in [2.05, 4.69) is 22.5 Å². The lowest BCUT2D eigenvalue weighted by Gasteiger charge is -2.24. The van der Waals surface area contributed by atoms with E-state index in [4.69, 9.17) is 24.4 Å². The van der Waals surface area contributed by atoms with E-state index in [-0.39, 0.29) is 30.1 Å². The minimum atomic E-state index is -0.800. The molecule has 3 aliphatic rings. The van der Waals surface area contributed by atoms with Crippen LogP contribution < -0.4 is 10.6 Å². The van der Waals surface area contributed by atoms with Crippen molar-refractivity contribution in [2.75, 3.05) is 14.1 Å². The smallest absolute Gasteiger partial charge is 0.229 e. The first-order valence-electron chi connectivity index (χ1n) is 14.2. The summed E-state index contributed by atoms with van der Waals surface area (Å²) in [7, 11) is 3.56. The molecule has 9 heteroatoms. The number of hydrogen-bond donors (Lipinski definition) is 2. The molecule has 0 bridgehead atoms. The molecule has 2 N–H and O–H groups in total. The molecule has 4 aromatic rings. The van der Waals surface area contributed by atoms with Crippen molar-refractivity contribution in [2.24, 2.45) is 11.3 Å². The lowest BCUT2D eigenvalue weighted by molar-refractivity contribution is -0.164. The van der Waals surface area contributed by atoms with E-state index in [1.165, 1.54) is 0 Å². The van der Waals surface area contributed by atoms with Gasteiger partial charge in [0.25, 0.3) is 0 Å². The van der Waals surface area contributed by atoms with Gasteiger partial charge >= 0.3 is 0 Å². The molecule has 1 aliphatic heterocycles. The molecular formula is C33H32N6O3. The topological polar surface area (TPSA) is 103 Å². The van der Waals surface area contributed by atoms with Crippen LogP contribution in [0.4, 0.5) is 0 Å². The molecular weight excluding hydrogens is 528 g/mol. The number of imidazole rings is 1. The standard InChI is InChI=1S/C33H32N6O3/c1-32(2)41-28-27(22-18-33(22,29(28)42-32)31(40)35-4)39-19-36-26-24(17-23(34-3)21-13-9-6-10-14-21)37-25(38-30(26)39)16-15-20-11-7-5-8-12-20/h5-14,17,19,22,27-29,34H,18H2,1-4H3,(H,35,40)/b23-17-/t22-,27-,28-,29-,33+/m1/s1. The van der Waals surface area contributed by atoms with Crippen molar-refractivity contribution in [3.05, 3.63) is 89.6 Å². The summed E-state index contributed by atoms with van der Waals surface area (Å²) in [5.74, 6) is 5.96. The minimum absolute atomic E-state index is 0.00934. The van der Waals surface area contributed by atoms with E-state index in [1.54, 1.807) is 13.4 Å². The molecule has 3 heterocycles. The molecule has 5 atom stereocenters. The SMILES string of the molecule is CNC(=O)[C@@]12C[C@@H]1[C@@H](n1cnc3c(/C=C(\NC)c4ccccc4)nc(C#Cc4ccccc4)nc31)[C@H]1OC(C)(C)O[C@H]12. The number of nitrogens with zero attached hydrogens (tertiary/aromatic N) is 4. The van der Waals surface area contributed by atoms with Gasteiger partial charge in [-0.25, -0.2) is 15.0 Å². The van der Waals surface area contributed by atoms with Gasteiger partial charge < -0.3 is 24.7 Å². The minimum Gasteiger partial charge on any atom is -0.388 e. The fourth-order valence-electron chi connectivity index (χ4n) is 6.72. The number of amides is 1. The van der Waals surface area contributed by atoms with Crippen molar-refractivity contribution in [1.29, 1.82) is 0 Å². The molecule has 0 spiro atoms. The van der Waals surface area contributed by atoms with E-state index in [1.807, 2.05) is 92.2 Å². The van der Waals surface area contributed by atoms with Crippen LogP contribution in [0.5, 0.6) is 0 Å². The maximum atomic E-state index is 13.2. The number of ether oxygens (including phenoxy) is 2. The third-order valence-corrected chi connectivity index (χ3v) is 8.59. The van der Waals surface area contributed by atoms with Crippen molar-refractivity contribution >= 4 is 28.8 Å². The van der Waals surface area contributed by atoms with Gasteiger partial charge in [0, 0.05) is 31.3 Å². The third kappa shape index (κ3) is 4.18. The van der Waals surface area contributed by atoms with Crippen molar-refractivity contribution in [2.45, 2.75) is 44.3 Å². The summed E-state index contributed by atoms with van der Waals surface area (Å²) < 4.78 is 14.8. The Morgan fingerprint density at radius 2 is 1.74 bits per heavy atom. The number of rotatable bonds is 5. The van der Waals surface area contributed by atoms with E-state index in [0.29, 0.717) is 29.1 Å². The molecule has 1 amide bonds. The normalized spacial score (nSPS) is 27.1. The molecule has 3 fully saturated rings. The quantitative estimate of drug-likeness (QED) is 0.358. The van der Waals surface area contributed by atoms with Crippen LogP contribution in [0.15, 0.2) is 67.0 Å². The summed E-state index contributed by atoms with van der Waals surface area (Å²) in [5, 5.41) is 6.16. The second-order valence-electron chi connectivity index (χ2n) is 11.5. The van der Waals surface area contributed by atoms with Crippen molar-refractivity contribution in [3.63, 3.8) is 0 Å². The Balaban J connectivity index is 1.38. The molecule has 1 saturated heterocycles. The van der Waals surface area contributed by atoms with E-state index in [0.717, 1.165) is 16.8 Å². The van der Waals surface area contributed by atoms with Crippen LogP contribution in [0, 0.1) is 23.2 Å². The zero-order valence-corrected chi connectivity index (χ0v) is 24.0. The van der Waals surface area contributed by atoms with Crippen LogP contribution in [-0.2, 0) is 14.3 Å². The Morgan fingerprint density at radius 1 is 1.00 bits per heavy atom. The predicted octanol–water partition coefficient (Wildman–Crippen LogP) is 3.77. The molecule has 42 heavy (non-hydrogen) atoms. The van der Waals surface area contributed by atoms with Crippen molar-refractivity contribution in [3.8, 4) is 11.8 Å². The lowest BCUT2D eigenvalue weighted by atomic mass is 9.98. The molecule has 7 rings (SSSR count). The lowest BCUT2D eigenvalue weighted by Crippen LogP contribution is -2.40. The average molecular weight is 561 g/mol. The number of carbonyl (C=O) groups is 1. The van der Waals surface area contributed by atoms with Gasteiger partial charge in [-0.15, -0.1) is 0 Å². The number of benzene rings is 2. The second kappa shape index (κ2) is 9.79. The van der Waals surface area contributed by atoms with Crippen LogP contribution in [0.2, 0.25) is 0 Å². The zero-order valence-electron chi connectivity index (χ0n) is 24.0. The number of aromatic nitrogens is 4. The summed E-state index contributed by atoms with van der Waals surface area (Å²) in [4.78, 5) is 27.8. The number of fused-ring (bicyclic) bond motifs is 4. The van der Waals surface area contributed by atoms with Crippen molar-refractivity contribution < 1.29 is 14.3 Å². The largest absolute Gasteiger partial charge is 0.388 e. The molecule has 2 aliphatic carbocycles. The highest BCUT2D eigenvalue weighted by molar-refractivity contribution is 5.90. The molecule has 0 unspecified atom stereocenters. The number of carbonyl (C=O) groups excluding carboxylic acids is 1. The van der Waals surface area contributed by atoms with Gasteiger partial charge in [-0.05, 0) is 50.0 Å². The van der Waals surface area contributed by atoms with Crippen LogP contribution in [0.25, 0.3) is 22.9 Å². The Hall–Kier alpha value is -4.52. The fraction of sp³-hybridized carbons (Fsp3) is 0.333. The van der Waals surface area contributed by atoms with Gasteiger partial charge in [0.15, 0.2) is 11.4 Å². The highest BCUT2D eigenvalue weighted by Crippen LogP contribution is 2.71. The number of nitrogens with one attached hydrogen (secondary N) is 2. The maximum absolute atomic E-state index is 13.2. The second-order valence-corrected chi connectivity index (χ2v) is 11.5.